The van der Waals surface area contributed by atoms with E-state index in [-0.39, 0.29) is 23.8 Å². The molecule has 1 unspecified atom stereocenters. The van der Waals surface area contributed by atoms with Gasteiger partial charge in [-0.25, -0.2) is 9.18 Å². The number of carbonyl (C=O) groups excluding carboxylic acids is 2. The number of rotatable bonds is 6. The molecule has 2 heterocycles. The summed E-state index contributed by atoms with van der Waals surface area (Å²) in [5.74, 6) is 0.385. The lowest BCUT2D eigenvalue weighted by molar-refractivity contribution is -0.132. The van der Waals surface area contributed by atoms with Gasteiger partial charge in [-0.2, -0.15) is 0 Å². The maximum absolute atomic E-state index is 13.5. The number of hydrogen-bond acceptors (Lipinski definition) is 3. The molecule has 0 bridgehead atoms. The van der Waals surface area contributed by atoms with Crippen molar-refractivity contribution in [1.29, 1.82) is 0 Å². The Morgan fingerprint density at radius 2 is 1.97 bits per heavy atom. The van der Waals surface area contributed by atoms with Crippen molar-refractivity contribution in [2.45, 2.75) is 45.7 Å². The van der Waals surface area contributed by atoms with Crippen molar-refractivity contribution in [3.05, 3.63) is 70.7 Å². The number of urea groups is 1. The third-order valence-corrected chi connectivity index (χ3v) is 6.01. The topological polar surface area (TPSA) is 74.6 Å². The Hall–Kier alpha value is -3.35. The zero-order valence-electron chi connectivity index (χ0n) is 18.4. The highest BCUT2D eigenvalue weighted by Gasteiger charge is 2.21. The first-order valence-electron chi connectivity index (χ1n) is 11.0. The molecule has 0 saturated heterocycles. The van der Waals surface area contributed by atoms with Gasteiger partial charge in [0, 0.05) is 37.0 Å². The fourth-order valence-corrected chi connectivity index (χ4v) is 4.25. The molecular formula is C25H28FN3O3. The number of nitrogens with zero attached hydrogens (tertiary/aromatic N) is 1. The smallest absolute Gasteiger partial charge is 0.315 e. The van der Waals surface area contributed by atoms with Gasteiger partial charge < -0.3 is 20.0 Å². The van der Waals surface area contributed by atoms with Crippen molar-refractivity contribution in [2.24, 2.45) is 0 Å². The summed E-state index contributed by atoms with van der Waals surface area (Å²) in [4.78, 5) is 26.7. The second-order valence-electron chi connectivity index (χ2n) is 8.29. The van der Waals surface area contributed by atoms with E-state index in [2.05, 4.69) is 22.8 Å². The molecule has 1 aliphatic rings. The Balaban J connectivity index is 1.22. The van der Waals surface area contributed by atoms with Crippen molar-refractivity contribution >= 4 is 22.9 Å². The number of nitrogens with one attached hydrogen (secondary N) is 2. The Bertz CT molecular complexity index is 1140. The molecule has 3 aromatic rings. The number of hydrogen-bond donors (Lipinski definition) is 2. The van der Waals surface area contributed by atoms with E-state index in [0.29, 0.717) is 42.7 Å². The van der Waals surface area contributed by atoms with Crippen molar-refractivity contribution < 1.29 is 18.4 Å². The maximum Gasteiger partial charge on any atom is 0.315 e. The first-order valence-corrected chi connectivity index (χ1v) is 11.0. The molecule has 2 N–H and O–H groups in total. The molecule has 1 aliphatic heterocycles. The van der Waals surface area contributed by atoms with Gasteiger partial charge in [0.1, 0.15) is 17.2 Å². The second kappa shape index (κ2) is 9.42. The van der Waals surface area contributed by atoms with Gasteiger partial charge >= 0.3 is 6.03 Å². The van der Waals surface area contributed by atoms with Crippen LogP contribution < -0.4 is 10.6 Å². The van der Waals surface area contributed by atoms with Gasteiger partial charge in [-0.3, -0.25) is 4.79 Å². The minimum Gasteiger partial charge on any atom is -0.459 e. The SMILES string of the molecule is Cc1c(C(C)NC(=O)NCCCC(=O)N2CCc3ccccc3C2)oc2ccc(F)cc12. The molecule has 0 aliphatic carbocycles. The standard InChI is InChI=1S/C25H28FN3O3/c1-16-21-14-20(26)9-10-22(21)32-24(16)17(2)28-25(31)27-12-5-8-23(30)29-13-11-18-6-3-4-7-19(18)15-29/h3-4,6-7,9-10,14,17H,5,8,11-13,15H2,1-2H3,(H2,27,28,31). The molecule has 168 valence electrons. The molecule has 3 amide bonds. The average Bonchev–Trinajstić information content (AvgIpc) is 3.12. The lowest BCUT2D eigenvalue weighted by Crippen LogP contribution is -2.38. The van der Waals surface area contributed by atoms with E-state index in [0.717, 1.165) is 18.5 Å². The first kappa shape index (κ1) is 21.9. The molecular weight excluding hydrogens is 409 g/mol. The number of halogens is 1. The fourth-order valence-electron chi connectivity index (χ4n) is 4.25. The molecule has 0 saturated carbocycles. The molecule has 4 rings (SSSR count). The van der Waals surface area contributed by atoms with E-state index in [1.54, 1.807) is 6.07 Å². The molecule has 2 aromatic carbocycles. The van der Waals surface area contributed by atoms with Gasteiger partial charge in [0.25, 0.3) is 0 Å². The number of furan rings is 1. The molecule has 7 heteroatoms. The van der Waals surface area contributed by atoms with Crippen LogP contribution in [0.2, 0.25) is 0 Å². The predicted octanol–water partition coefficient (Wildman–Crippen LogP) is 4.61. The first-order chi connectivity index (χ1) is 15.4. The summed E-state index contributed by atoms with van der Waals surface area (Å²) in [6.07, 6.45) is 1.85. The van der Waals surface area contributed by atoms with Crippen LogP contribution in [0.25, 0.3) is 11.0 Å². The van der Waals surface area contributed by atoms with Crippen LogP contribution >= 0.6 is 0 Å². The quantitative estimate of drug-likeness (QED) is 0.553. The summed E-state index contributed by atoms with van der Waals surface area (Å²) in [5, 5.41) is 6.34. The zero-order chi connectivity index (χ0) is 22.7. The van der Waals surface area contributed by atoms with Crippen molar-refractivity contribution in [3.8, 4) is 0 Å². The molecule has 32 heavy (non-hydrogen) atoms. The molecule has 1 aromatic heterocycles. The molecule has 0 spiro atoms. The Morgan fingerprint density at radius 1 is 1.19 bits per heavy atom. The van der Waals surface area contributed by atoms with Crippen LogP contribution in [-0.2, 0) is 17.8 Å². The normalized spacial score (nSPS) is 14.2. The molecule has 0 fully saturated rings. The monoisotopic (exact) mass is 437 g/mol. The highest BCUT2D eigenvalue weighted by molar-refractivity contribution is 5.82. The van der Waals surface area contributed by atoms with Crippen LogP contribution in [0.5, 0.6) is 0 Å². The van der Waals surface area contributed by atoms with Crippen LogP contribution in [0.1, 0.15) is 48.3 Å². The van der Waals surface area contributed by atoms with Gasteiger partial charge in [-0.1, -0.05) is 24.3 Å². The number of aryl methyl sites for hydroxylation is 1. The second-order valence-corrected chi connectivity index (χ2v) is 8.29. The van der Waals surface area contributed by atoms with E-state index in [9.17, 15) is 14.0 Å². The summed E-state index contributed by atoms with van der Waals surface area (Å²) >= 11 is 0. The Morgan fingerprint density at radius 3 is 2.78 bits per heavy atom. The van der Waals surface area contributed by atoms with Gasteiger partial charge in [0.15, 0.2) is 0 Å². The van der Waals surface area contributed by atoms with Crippen molar-refractivity contribution in [2.75, 3.05) is 13.1 Å². The maximum atomic E-state index is 13.5. The van der Waals surface area contributed by atoms with E-state index in [1.165, 1.54) is 23.3 Å². The zero-order valence-corrected chi connectivity index (χ0v) is 18.4. The Kier molecular flexibility index (Phi) is 6.44. The number of fused-ring (bicyclic) bond motifs is 2. The highest BCUT2D eigenvalue weighted by Crippen LogP contribution is 2.29. The molecule has 6 nitrogen and oxygen atoms in total. The minimum absolute atomic E-state index is 0.111. The Labute approximate surface area is 186 Å². The van der Waals surface area contributed by atoms with Gasteiger partial charge in [-0.15, -0.1) is 0 Å². The van der Waals surface area contributed by atoms with E-state index in [4.69, 9.17) is 4.42 Å². The fraction of sp³-hybridized carbons (Fsp3) is 0.360. The van der Waals surface area contributed by atoms with Crippen LogP contribution in [0.15, 0.2) is 46.9 Å². The minimum atomic E-state index is -0.375. The van der Waals surface area contributed by atoms with Crippen LogP contribution in [0, 0.1) is 12.7 Å². The van der Waals surface area contributed by atoms with Crippen LogP contribution in [0.3, 0.4) is 0 Å². The lowest BCUT2D eigenvalue weighted by Gasteiger charge is -2.29. The van der Waals surface area contributed by atoms with E-state index < -0.39 is 0 Å². The third-order valence-electron chi connectivity index (χ3n) is 6.01. The van der Waals surface area contributed by atoms with Gasteiger partial charge in [0.2, 0.25) is 5.91 Å². The average molecular weight is 438 g/mol. The van der Waals surface area contributed by atoms with Gasteiger partial charge in [-0.05, 0) is 56.0 Å². The van der Waals surface area contributed by atoms with Crippen molar-refractivity contribution in [1.82, 2.24) is 15.5 Å². The number of benzene rings is 2. The summed E-state index contributed by atoms with van der Waals surface area (Å²) in [6, 6.07) is 11.9. The number of carbonyl (C=O) groups is 2. The summed E-state index contributed by atoms with van der Waals surface area (Å²) in [6.45, 7) is 5.46. The lowest BCUT2D eigenvalue weighted by atomic mass is 9.99. The van der Waals surface area contributed by atoms with Crippen molar-refractivity contribution in [3.63, 3.8) is 0 Å². The van der Waals surface area contributed by atoms with Crippen LogP contribution in [0.4, 0.5) is 9.18 Å². The molecule has 1 atom stereocenters. The summed E-state index contributed by atoms with van der Waals surface area (Å²) < 4.78 is 19.3. The van der Waals surface area contributed by atoms with E-state index >= 15 is 0 Å². The largest absolute Gasteiger partial charge is 0.459 e. The summed E-state index contributed by atoms with van der Waals surface area (Å²) in [7, 11) is 0. The summed E-state index contributed by atoms with van der Waals surface area (Å²) in [5.41, 5.74) is 3.92. The van der Waals surface area contributed by atoms with E-state index in [1.807, 2.05) is 30.9 Å². The van der Waals surface area contributed by atoms with Gasteiger partial charge in [0.05, 0.1) is 6.04 Å². The number of amides is 3. The highest BCUT2D eigenvalue weighted by atomic mass is 19.1. The third kappa shape index (κ3) is 4.77. The van der Waals surface area contributed by atoms with Crippen LogP contribution in [-0.4, -0.2) is 29.9 Å². The predicted molar refractivity (Wildman–Crippen MR) is 121 cm³/mol. The molecule has 0 radical (unpaired) electrons.